The second-order valence-electron chi connectivity index (χ2n) is 4.45. The zero-order chi connectivity index (χ0) is 10.5. The Labute approximate surface area is 96.3 Å². The summed E-state index contributed by atoms with van der Waals surface area (Å²) >= 11 is 1.87. The molecule has 1 aliphatic heterocycles. The van der Waals surface area contributed by atoms with Gasteiger partial charge in [0, 0.05) is 11.4 Å². The van der Waals surface area contributed by atoms with Crippen LogP contribution >= 0.6 is 11.3 Å². The Hall–Kier alpha value is -0.380. The molecule has 0 radical (unpaired) electrons. The molecule has 0 saturated carbocycles. The lowest BCUT2D eigenvalue weighted by Gasteiger charge is -2.28. The van der Waals surface area contributed by atoms with E-state index in [-0.39, 0.29) is 0 Å². The molecule has 84 valence electrons. The van der Waals surface area contributed by atoms with E-state index in [1.807, 2.05) is 11.3 Å². The summed E-state index contributed by atoms with van der Waals surface area (Å²) in [6, 6.07) is 4.37. The smallest absolute Gasteiger partial charge is 0.00579 e. The summed E-state index contributed by atoms with van der Waals surface area (Å²) < 4.78 is 0. The fourth-order valence-corrected chi connectivity index (χ4v) is 2.52. The highest BCUT2D eigenvalue weighted by molar-refractivity contribution is 7.09. The highest BCUT2D eigenvalue weighted by atomic mass is 32.1. The third-order valence-electron chi connectivity index (χ3n) is 3.11. The van der Waals surface area contributed by atoms with Crippen LogP contribution in [0, 0.1) is 5.92 Å². The monoisotopic (exact) mass is 224 g/mol. The minimum Gasteiger partial charge on any atom is -0.316 e. The third-order valence-corrected chi connectivity index (χ3v) is 4.04. The fourth-order valence-electron chi connectivity index (χ4n) is 1.82. The average Bonchev–Trinajstić information content (AvgIpc) is 2.64. The maximum atomic E-state index is 3.32. The second-order valence-corrected chi connectivity index (χ2v) is 5.48. The second kappa shape index (κ2) is 5.64. The van der Waals surface area contributed by atoms with Gasteiger partial charge in [-0.1, -0.05) is 6.07 Å². The molecule has 2 heterocycles. The van der Waals surface area contributed by atoms with Crippen LogP contribution in [0.25, 0.3) is 0 Å². The van der Waals surface area contributed by atoms with Gasteiger partial charge in [-0.2, -0.15) is 0 Å². The molecule has 2 rings (SSSR count). The Kier molecular flexibility index (Phi) is 4.18. The predicted molar refractivity (Wildman–Crippen MR) is 66.5 cm³/mol. The number of hydrogen-bond donors (Lipinski definition) is 1. The van der Waals surface area contributed by atoms with Crippen molar-refractivity contribution >= 4 is 11.3 Å². The Morgan fingerprint density at radius 2 is 2.33 bits per heavy atom. The largest absolute Gasteiger partial charge is 0.316 e. The normalized spacial score (nSPS) is 16.9. The standard InChI is InChI=1S/C12H20N2S/c1-14(6-4-11-9-13-10-11)7-5-12-3-2-8-15-12/h2-3,8,11,13H,4-7,9-10H2,1H3. The highest BCUT2D eigenvalue weighted by Gasteiger charge is 2.16. The van der Waals surface area contributed by atoms with Crippen molar-refractivity contribution < 1.29 is 0 Å². The molecule has 1 saturated heterocycles. The van der Waals surface area contributed by atoms with E-state index in [1.165, 1.54) is 43.9 Å². The van der Waals surface area contributed by atoms with E-state index >= 15 is 0 Å². The quantitative estimate of drug-likeness (QED) is 0.793. The van der Waals surface area contributed by atoms with Gasteiger partial charge < -0.3 is 10.2 Å². The Balaban J connectivity index is 1.57. The molecule has 0 unspecified atom stereocenters. The van der Waals surface area contributed by atoms with Gasteiger partial charge in [0.05, 0.1) is 0 Å². The molecule has 15 heavy (non-hydrogen) atoms. The van der Waals surface area contributed by atoms with Crippen molar-refractivity contribution in [3.63, 3.8) is 0 Å². The number of rotatable bonds is 6. The topological polar surface area (TPSA) is 15.3 Å². The van der Waals surface area contributed by atoms with Crippen molar-refractivity contribution in [2.45, 2.75) is 12.8 Å². The molecule has 1 aromatic rings. The van der Waals surface area contributed by atoms with Crippen LogP contribution in [-0.4, -0.2) is 38.1 Å². The van der Waals surface area contributed by atoms with Crippen molar-refractivity contribution in [2.24, 2.45) is 5.92 Å². The minimum absolute atomic E-state index is 0.939. The van der Waals surface area contributed by atoms with Gasteiger partial charge in [0.1, 0.15) is 0 Å². The molecule has 1 aliphatic rings. The van der Waals surface area contributed by atoms with Crippen LogP contribution in [0.15, 0.2) is 17.5 Å². The van der Waals surface area contributed by atoms with Gasteiger partial charge in [-0.15, -0.1) is 11.3 Å². The molecule has 0 aliphatic carbocycles. The van der Waals surface area contributed by atoms with E-state index in [1.54, 1.807) is 0 Å². The van der Waals surface area contributed by atoms with Gasteiger partial charge >= 0.3 is 0 Å². The lowest BCUT2D eigenvalue weighted by molar-refractivity contribution is 0.259. The number of thiophene rings is 1. The molecule has 3 heteroatoms. The maximum Gasteiger partial charge on any atom is 0.00579 e. The predicted octanol–water partition coefficient (Wildman–Crippen LogP) is 1.83. The molecule has 0 aromatic carbocycles. The molecule has 2 nitrogen and oxygen atoms in total. The van der Waals surface area contributed by atoms with Gasteiger partial charge in [0.25, 0.3) is 0 Å². The lowest BCUT2D eigenvalue weighted by Crippen LogP contribution is -2.43. The molecule has 0 amide bonds. The van der Waals surface area contributed by atoms with Crippen LogP contribution < -0.4 is 5.32 Å². The first-order chi connectivity index (χ1) is 7.34. The molecular weight excluding hydrogens is 204 g/mol. The van der Waals surface area contributed by atoms with Crippen LogP contribution in [-0.2, 0) is 6.42 Å². The van der Waals surface area contributed by atoms with E-state index in [9.17, 15) is 0 Å². The third kappa shape index (κ3) is 3.59. The Morgan fingerprint density at radius 1 is 1.47 bits per heavy atom. The summed E-state index contributed by atoms with van der Waals surface area (Å²) in [5.74, 6) is 0.939. The first-order valence-corrected chi connectivity index (χ1v) is 6.64. The highest BCUT2D eigenvalue weighted by Crippen LogP contribution is 2.11. The van der Waals surface area contributed by atoms with E-state index < -0.39 is 0 Å². The van der Waals surface area contributed by atoms with E-state index in [0.717, 1.165) is 5.92 Å². The summed E-state index contributed by atoms with van der Waals surface area (Å²) in [5.41, 5.74) is 0. The molecule has 1 fully saturated rings. The van der Waals surface area contributed by atoms with Crippen LogP contribution in [0.1, 0.15) is 11.3 Å². The van der Waals surface area contributed by atoms with Crippen LogP contribution in [0.2, 0.25) is 0 Å². The minimum atomic E-state index is 0.939. The number of nitrogens with one attached hydrogen (secondary N) is 1. The number of likely N-dealkylation sites (N-methyl/N-ethyl adjacent to an activating group) is 1. The van der Waals surface area contributed by atoms with Crippen molar-refractivity contribution in [3.8, 4) is 0 Å². The molecule has 0 bridgehead atoms. The molecule has 0 spiro atoms. The van der Waals surface area contributed by atoms with Crippen LogP contribution in [0.3, 0.4) is 0 Å². The number of nitrogens with zero attached hydrogens (tertiary/aromatic N) is 1. The van der Waals surface area contributed by atoms with Crippen LogP contribution in [0.4, 0.5) is 0 Å². The average molecular weight is 224 g/mol. The van der Waals surface area contributed by atoms with Crippen LogP contribution in [0.5, 0.6) is 0 Å². The summed E-state index contributed by atoms with van der Waals surface area (Å²) in [5, 5.41) is 5.48. The van der Waals surface area contributed by atoms with Gasteiger partial charge in [0.2, 0.25) is 0 Å². The zero-order valence-corrected chi connectivity index (χ0v) is 10.2. The van der Waals surface area contributed by atoms with E-state index in [4.69, 9.17) is 0 Å². The van der Waals surface area contributed by atoms with Gasteiger partial charge in [-0.25, -0.2) is 0 Å². The molecule has 0 atom stereocenters. The number of hydrogen-bond acceptors (Lipinski definition) is 3. The zero-order valence-electron chi connectivity index (χ0n) is 9.41. The summed E-state index contributed by atoms with van der Waals surface area (Å²) in [4.78, 5) is 3.96. The van der Waals surface area contributed by atoms with Crippen molar-refractivity contribution in [1.29, 1.82) is 0 Å². The van der Waals surface area contributed by atoms with Crippen molar-refractivity contribution in [3.05, 3.63) is 22.4 Å². The Bertz CT molecular complexity index is 267. The van der Waals surface area contributed by atoms with Crippen molar-refractivity contribution in [1.82, 2.24) is 10.2 Å². The van der Waals surface area contributed by atoms with Gasteiger partial charge in [-0.05, 0) is 56.9 Å². The first-order valence-electron chi connectivity index (χ1n) is 5.76. The van der Waals surface area contributed by atoms with Crippen molar-refractivity contribution in [2.75, 3.05) is 33.2 Å². The maximum absolute atomic E-state index is 3.32. The van der Waals surface area contributed by atoms with Gasteiger partial charge in [-0.3, -0.25) is 0 Å². The molecule has 1 N–H and O–H groups in total. The fraction of sp³-hybridized carbons (Fsp3) is 0.667. The molecule has 1 aromatic heterocycles. The summed E-state index contributed by atoms with van der Waals surface area (Å²) in [7, 11) is 2.24. The first kappa shape index (κ1) is 11.1. The summed E-state index contributed by atoms with van der Waals surface area (Å²) in [6.07, 6.45) is 2.56. The SMILES string of the molecule is CN(CCc1cccs1)CCC1CNC1. The van der Waals surface area contributed by atoms with E-state index in [0.29, 0.717) is 0 Å². The van der Waals surface area contributed by atoms with Gasteiger partial charge in [0.15, 0.2) is 0 Å². The Morgan fingerprint density at radius 3 is 2.93 bits per heavy atom. The lowest BCUT2D eigenvalue weighted by atomic mass is 9.99. The van der Waals surface area contributed by atoms with E-state index in [2.05, 4.69) is 34.8 Å². The summed E-state index contributed by atoms with van der Waals surface area (Å²) in [6.45, 7) is 4.91. The molecular formula is C12H20N2S.